The molecule has 0 radical (unpaired) electrons. The molecule has 0 fully saturated rings. The van der Waals surface area contributed by atoms with E-state index in [-0.39, 0.29) is 11.9 Å². The first-order valence-electron chi connectivity index (χ1n) is 5.08. The summed E-state index contributed by atoms with van der Waals surface area (Å²) >= 11 is 0. The lowest BCUT2D eigenvalue weighted by atomic mass is 10.4. The van der Waals surface area contributed by atoms with E-state index in [1.807, 2.05) is 11.9 Å². The molecule has 0 unspecified atom stereocenters. The smallest absolute Gasteiger partial charge is 0.307 e. The summed E-state index contributed by atoms with van der Waals surface area (Å²) in [6.45, 7) is 2.73. The fourth-order valence-electron chi connectivity index (χ4n) is 1.18. The van der Waals surface area contributed by atoms with Gasteiger partial charge in [-0.05, 0) is 13.0 Å². The lowest BCUT2D eigenvalue weighted by Gasteiger charge is -2.17. The van der Waals surface area contributed by atoms with Gasteiger partial charge in [-0.3, -0.25) is 4.79 Å². The van der Waals surface area contributed by atoms with Crippen LogP contribution in [-0.2, 0) is 9.53 Å². The third kappa shape index (κ3) is 3.72. The van der Waals surface area contributed by atoms with Crippen LogP contribution < -0.4 is 10.6 Å². The van der Waals surface area contributed by atoms with E-state index in [4.69, 9.17) is 10.5 Å². The van der Waals surface area contributed by atoms with E-state index in [1.165, 1.54) is 0 Å². The zero-order valence-electron chi connectivity index (χ0n) is 9.51. The molecule has 0 bridgehead atoms. The van der Waals surface area contributed by atoms with Crippen molar-refractivity contribution in [3.63, 3.8) is 0 Å². The van der Waals surface area contributed by atoms with E-state index in [1.54, 1.807) is 19.2 Å². The van der Waals surface area contributed by atoms with Crippen LogP contribution in [0.5, 0.6) is 0 Å². The first-order chi connectivity index (χ1) is 7.63. The van der Waals surface area contributed by atoms with Gasteiger partial charge >= 0.3 is 5.97 Å². The van der Waals surface area contributed by atoms with E-state index >= 15 is 0 Å². The molecular weight excluding hydrogens is 208 g/mol. The summed E-state index contributed by atoms with van der Waals surface area (Å²) in [6, 6.07) is 1.74. The summed E-state index contributed by atoms with van der Waals surface area (Å²) in [6.07, 6.45) is 1.91. The van der Waals surface area contributed by atoms with Crippen molar-refractivity contribution in [1.29, 1.82) is 0 Å². The monoisotopic (exact) mass is 224 g/mol. The number of anilines is 2. The number of ether oxygens (including phenoxy) is 1. The van der Waals surface area contributed by atoms with Crippen molar-refractivity contribution in [3.05, 3.63) is 12.3 Å². The Balaban J connectivity index is 2.46. The minimum atomic E-state index is -0.212. The minimum Gasteiger partial charge on any atom is -0.466 e. The molecule has 16 heavy (non-hydrogen) atoms. The second-order valence-corrected chi connectivity index (χ2v) is 3.25. The SMILES string of the molecule is CCOC(=O)CCN(C)c1ccnc(N)n1. The van der Waals surface area contributed by atoms with Gasteiger partial charge in [0.1, 0.15) is 5.82 Å². The van der Waals surface area contributed by atoms with Crippen molar-refractivity contribution in [2.24, 2.45) is 0 Å². The summed E-state index contributed by atoms with van der Waals surface area (Å²) in [7, 11) is 1.83. The number of nitrogen functional groups attached to an aromatic ring is 1. The number of rotatable bonds is 5. The van der Waals surface area contributed by atoms with Crippen LogP contribution in [0.1, 0.15) is 13.3 Å². The number of nitrogens with two attached hydrogens (primary N) is 1. The Morgan fingerprint density at radius 2 is 2.38 bits per heavy atom. The first-order valence-corrected chi connectivity index (χ1v) is 5.08. The van der Waals surface area contributed by atoms with E-state index < -0.39 is 0 Å². The molecule has 6 nitrogen and oxygen atoms in total. The zero-order chi connectivity index (χ0) is 12.0. The van der Waals surface area contributed by atoms with Crippen molar-refractivity contribution >= 4 is 17.7 Å². The van der Waals surface area contributed by atoms with Gasteiger partial charge in [0.15, 0.2) is 0 Å². The molecule has 0 saturated carbocycles. The summed E-state index contributed by atoms with van der Waals surface area (Å²) in [5.41, 5.74) is 5.46. The molecule has 6 heteroatoms. The maximum atomic E-state index is 11.1. The maximum Gasteiger partial charge on any atom is 0.307 e. The summed E-state index contributed by atoms with van der Waals surface area (Å²) in [4.78, 5) is 20.8. The summed E-state index contributed by atoms with van der Waals surface area (Å²) in [5, 5.41) is 0. The second kappa shape index (κ2) is 5.89. The highest BCUT2D eigenvalue weighted by atomic mass is 16.5. The molecule has 0 aromatic carbocycles. The maximum absolute atomic E-state index is 11.1. The molecule has 0 spiro atoms. The number of esters is 1. The molecule has 0 aliphatic heterocycles. The third-order valence-electron chi connectivity index (χ3n) is 2.01. The molecule has 0 aliphatic carbocycles. The predicted octanol–water partition coefficient (Wildman–Crippen LogP) is 0.448. The van der Waals surface area contributed by atoms with Crippen LogP contribution in [0.2, 0.25) is 0 Å². The topological polar surface area (TPSA) is 81.3 Å². The Kier molecular flexibility index (Phi) is 4.50. The fraction of sp³-hybridized carbons (Fsp3) is 0.500. The molecule has 0 aliphatic rings. The van der Waals surface area contributed by atoms with Crippen LogP contribution >= 0.6 is 0 Å². The normalized spacial score (nSPS) is 9.88. The summed E-state index contributed by atoms with van der Waals surface area (Å²) < 4.78 is 4.83. The number of aromatic nitrogens is 2. The Hall–Kier alpha value is -1.85. The molecule has 1 aromatic rings. The van der Waals surface area contributed by atoms with Crippen LogP contribution in [0.25, 0.3) is 0 Å². The molecule has 1 aromatic heterocycles. The van der Waals surface area contributed by atoms with Crippen LogP contribution in [0.3, 0.4) is 0 Å². The average Bonchev–Trinajstić information content (AvgIpc) is 2.26. The zero-order valence-corrected chi connectivity index (χ0v) is 9.51. The van der Waals surface area contributed by atoms with Gasteiger partial charge in [0.05, 0.1) is 13.0 Å². The highest BCUT2D eigenvalue weighted by molar-refractivity contribution is 5.70. The van der Waals surface area contributed by atoms with Crippen LogP contribution in [0, 0.1) is 0 Å². The lowest BCUT2D eigenvalue weighted by molar-refractivity contribution is -0.142. The van der Waals surface area contributed by atoms with Gasteiger partial charge in [-0.1, -0.05) is 0 Å². The average molecular weight is 224 g/mol. The van der Waals surface area contributed by atoms with E-state index in [9.17, 15) is 4.79 Å². The van der Waals surface area contributed by atoms with E-state index in [0.717, 1.165) is 0 Å². The van der Waals surface area contributed by atoms with Gasteiger partial charge in [-0.15, -0.1) is 0 Å². The number of carbonyl (C=O) groups excluding carboxylic acids is 1. The van der Waals surface area contributed by atoms with Crippen molar-refractivity contribution in [2.75, 3.05) is 30.8 Å². The van der Waals surface area contributed by atoms with Gasteiger partial charge in [0.25, 0.3) is 0 Å². The molecule has 0 amide bonds. The third-order valence-corrected chi connectivity index (χ3v) is 2.01. The van der Waals surface area contributed by atoms with Gasteiger partial charge in [-0.2, -0.15) is 4.98 Å². The van der Waals surface area contributed by atoms with Crippen molar-refractivity contribution in [2.45, 2.75) is 13.3 Å². The molecule has 1 rings (SSSR count). The van der Waals surface area contributed by atoms with Crippen molar-refractivity contribution < 1.29 is 9.53 Å². The number of hydrogen-bond donors (Lipinski definition) is 1. The standard InChI is InChI=1S/C10H16N4O2/c1-3-16-9(15)5-7-14(2)8-4-6-12-10(11)13-8/h4,6H,3,5,7H2,1-2H3,(H2,11,12,13). The Bertz CT molecular complexity index is 356. The molecule has 2 N–H and O–H groups in total. The Morgan fingerprint density at radius 1 is 1.62 bits per heavy atom. The van der Waals surface area contributed by atoms with E-state index in [2.05, 4.69) is 9.97 Å². The quantitative estimate of drug-likeness (QED) is 0.731. The first kappa shape index (κ1) is 12.2. The lowest BCUT2D eigenvalue weighted by Crippen LogP contribution is -2.23. The summed E-state index contributed by atoms with van der Waals surface area (Å²) in [5.74, 6) is 0.702. The predicted molar refractivity (Wildman–Crippen MR) is 61.0 cm³/mol. The van der Waals surface area contributed by atoms with Crippen LogP contribution in [0.4, 0.5) is 11.8 Å². The molecule has 1 heterocycles. The van der Waals surface area contributed by atoms with Gasteiger partial charge in [0, 0.05) is 19.8 Å². The van der Waals surface area contributed by atoms with Crippen molar-refractivity contribution in [1.82, 2.24) is 9.97 Å². The van der Waals surface area contributed by atoms with Crippen LogP contribution in [-0.4, -0.2) is 36.1 Å². The molecular formula is C10H16N4O2. The van der Waals surface area contributed by atoms with Gasteiger partial charge < -0.3 is 15.4 Å². The number of carbonyl (C=O) groups is 1. The largest absolute Gasteiger partial charge is 0.466 e. The van der Waals surface area contributed by atoms with Gasteiger partial charge in [-0.25, -0.2) is 4.98 Å². The Morgan fingerprint density at radius 3 is 3.00 bits per heavy atom. The van der Waals surface area contributed by atoms with Crippen molar-refractivity contribution in [3.8, 4) is 0 Å². The molecule has 0 atom stereocenters. The second-order valence-electron chi connectivity index (χ2n) is 3.25. The Labute approximate surface area is 94.4 Å². The highest BCUT2D eigenvalue weighted by Crippen LogP contribution is 2.08. The molecule has 0 saturated heterocycles. The highest BCUT2D eigenvalue weighted by Gasteiger charge is 2.07. The molecule has 88 valence electrons. The van der Waals surface area contributed by atoms with Gasteiger partial charge in [0.2, 0.25) is 5.95 Å². The number of nitrogens with zero attached hydrogens (tertiary/aromatic N) is 3. The number of hydrogen-bond acceptors (Lipinski definition) is 6. The minimum absolute atomic E-state index is 0.212. The van der Waals surface area contributed by atoms with Crippen LogP contribution in [0.15, 0.2) is 12.3 Å². The fourth-order valence-corrected chi connectivity index (χ4v) is 1.18. The van der Waals surface area contributed by atoms with E-state index in [0.29, 0.717) is 25.4 Å².